The monoisotopic (exact) mass is 637 g/mol. The molecule has 0 amide bonds. The van der Waals surface area contributed by atoms with Crippen molar-refractivity contribution in [3.63, 3.8) is 0 Å². The Morgan fingerprint density at radius 3 is 2.02 bits per heavy atom. The van der Waals surface area contributed by atoms with E-state index in [1.807, 2.05) is 30.3 Å². The maximum atomic E-state index is 6.81. The van der Waals surface area contributed by atoms with E-state index in [0.717, 1.165) is 66.4 Å². The van der Waals surface area contributed by atoms with Gasteiger partial charge in [0.1, 0.15) is 11.2 Å². The third kappa shape index (κ3) is 3.87. The summed E-state index contributed by atoms with van der Waals surface area (Å²) in [6.45, 7) is 0. The minimum absolute atomic E-state index is 0.636. The first kappa shape index (κ1) is 27.2. The van der Waals surface area contributed by atoms with Crippen molar-refractivity contribution in [3.8, 4) is 28.3 Å². The van der Waals surface area contributed by atoms with Crippen molar-refractivity contribution in [1.82, 2.24) is 14.5 Å². The molecular formula is C46H27N3O. The molecule has 0 saturated heterocycles. The summed E-state index contributed by atoms with van der Waals surface area (Å²) in [5, 5.41) is 10.5. The van der Waals surface area contributed by atoms with Crippen LogP contribution >= 0.6 is 0 Å². The summed E-state index contributed by atoms with van der Waals surface area (Å²) < 4.78 is 9.23. The summed E-state index contributed by atoms with van der Waals surface area (Å²) in [5.41, 5.74) is 8.68. The van der Waals surface area contributed by atoms with Crippen molar-refractivity contribution >= 4 is 76.2 Å². The zero-order valence-electron chi connectivity index (χ0n) is 26.8. The van der Waals surface area contributed by atoms with Gasteiger partial charge in [0.15, 0.2) is 5.82 Å². The van der Waals surface area contributed by atoms with Crippen LogP contribution in [-0.2, 0) is 0 Å². The number of hydrogen-bond donors (Lipinski definition) is 0. The normalized spacial score (nSPS) is 12.0. The minimum atomic E-state index is 0.636. The Morgan fingerprint density at radius 2 is 1.16 bits per heavy atom. The fourth-order valence-electron chi connectivity index (χ4n) is 7.92. The summed E-state index contributed by atoms with van der Waals surface area (Å²) in [6, 6.07) is 57.8. The van der Waals surface area contributed by atoms with Crippen molar-refractivity contribution in [2.24, 2.45) is 0 Å². The first-order chi connectivity index (χ1) is 24.8. The zero-order chi connectivity index (χ0) is 32.8. The van der Waals surface area contributed by atoms with Crippen LogP contribution in [0.5, 0.6) is 0 Å². The number of fused-ring (bicyclic) bond motifs is 10. The Labute approximate surface area is 286 Å². The number of nitrogens with zero attached hydrogens (tertiary/aromatic N) is 3. The molecule has 0 aliphatic rings. The molecule has 0 spiro atoms. The van der Waals surface area contributed by atoms with Gasteiger partial charge in [-0.1, -0.05) is 121 Å². The first-order valence-electron chi connectivity index (χ1n) is 16.9. The highest BCUT2D eigenvalue weighted by atomic mass is 16.3. The lowest BCUT2D eigenvalue weighted by Gasteiger charge is -2.13. The van der Waals surface area contributed by atoms with Crippen LogP contribution in [0, 0.1) is 0 Å². The van der Waals surface area contributed by atoms with Crippen molar-refractivity contribution in [2.75, 3.05) is 0 Å². The van der Waals surface area contributed by atoms with Gasteiger partial charge in [0.05, 0.1) is 38.9 Å². The molecule has 0 bridgehead atoms. The molecule has 0 unspecified atom stereocenters. The molecule has 4 nitrogen and oxygen atoms in total. The second-order valence-corrected chi connectivity index (χ2v) is 12.9. The van der Waals surface area contributed by atoms with Crippen LogP contribution in [0.3, 0.4) is 0 Å². The standard InChI is InChI=1S/C46H27N3O/c1-2-13-29(14-3-1)44-33-18-8-10-20-37(33)47-46(48-44)35-23-25-39(43-34-19-9-11-21-41(34)50-45(35)43)49-38-24-22-28-12-6-7-17-32(28)42(38)36-26-30-15-4-5-16-31(30)27-40(36)49/h1-27H. The predicted molar refractivity (Wildman–Crippen MR) is 207 cm³/mol. The van der Waals surface area contributed by atoms with E-state index in [4.69, 9.17) is 14.4 Å². The highest BCUT2D eigenvalue weighted by molar-refractivity contribution is 6.24. The largest absolute Gasteiger partial charge is 0.455 e. The van der Waals surface area contributed by atoms with Crippen LogP contribution < -0.4 is 0 Å². The molecule has 4 heteroatoms. The van der Waals surface area contributed by atoms with Crippen LogP contribution in [0.4, 0.5) is 0 Å². The Bertz CT molecular complexity index is 3150. The van der Waals surface area contributed by atoms with Gasteiger partial charge in [-0.15, -0.1) is 0 Å². The molecule has 0 fully saturated rings. The fourth-order valence-corrected chi connectivity index (χ4v) is 7.92. The van der Waals surface area contributed by atoms with Gasteiger partial charge in [0, 0.05) is 27.1 Å². The van der Waals surface area contributed by atoms with Gasteiger partial charge in [0.2, 0.25) is 0 Å². The average molecular weight is 638 g/mol. The van der Waals surface area contributed by atoms with Crippen LogP contribution in [0.25, 0.3) is 105 Å². The van der Waals surface area contributed by atoms with Gasteiger partial charge >= 0.3 is 0 Å². The lowest BCUT2D eigenvalue weighted by Crippen LogP contribution is -1.98. The first-order valence-corrected chi connectivity index (χ1v) is 16.9. The number of rotatable bonds is 3. The third-order valence-corrected chi connectivity index (χ3v) is 10.2. The molecule has 8 aromatic carbocycles. The lowest BCUT2D eigenvalue weighted by molar-refractivity contribution is 0.669. The van der Waals surface area contributed by atoms with Crippen LogP contribution in [-0.4, -0.2) is 14.5 Å². The Hall–Kier alpha value is -6.78. The van der Waals surface area contributed by atoms with Crippen LogP contribution in [0.1, 0.15) is 0 Å². The second-order valence-electron chi connectivity index (χ2n) is 12.9. The molecule has 3 heterocycles. The number of aromatic nitrogens is 3. The van der Waals surface area contributed by atoms with E-state index in [1.165, 1.54) is 32.3 Å². The van der Waals surface area contributed by atoms with E-state index in [1.54, 1.807) is 0 Å². The summed E-state index contributed by atoms with van der Waals surface area (Å²) in [6.07, 6.45) is 0. The molecule has 0 saturated carbocycles. The predicted octanol–water partition coefficient (Wildman–Crippen LogP) is 12.3. The van der Waals surface area contributed by atoms with Crippen molar-refractivity contribution < 1.29 is 4.42 Å². The summed E-state index contributed by atoms with van der Waals surface area (Å²) in [4.78, 5) is 10.4. The molecule has 0 aliphatic heterocycles. The number of furan rings is 1. The Morgan fingerprint density at radius 1 is 0.460 bits per heavy atom. The third-order valence-electron chi connectivity index (χ3n) is 10.2. The zero-order valence-corrected chi connectivity index (χ0v) is 26.8. The van der Waals surface area contributed by atoms with Gasteiger partial charge in [-0.2, -0.15) is 0 Å². The molecule has 0 aliphatic carbocycles. The van der Waals surface area contributed by atoms with Crippen LogP contribution in [0.2, 0.25) is 0 Å². The van der Waals surface area contributed by atoms with E-state index >= 15 is 0 Å². The van der Waals surface area contributed by atoms with Crippen LogP contribution in [0.15, 0.2) is 168 Å². The maximum absolute atomic E-state index is 6.81. The van der Waals surface area contributed by atoms with E-state index in [9.17, 15) is 0 Å². The molecule has 11 aromatic rings. The Kier molecular flexibility index (Phi) is 5.63. The smallest absolute Gasteiger partial charge is 0.164 e. The van der Waals surface area contributed by atoms with Crippen molar-refractivity contribution in [2.45, 2.75) is 0 Å². The number of hydrogen-bond acceptors (Lipinski definition) is 3. The van der Waals surface area contributed by atoms with E-state index in [0.29, 0.717) is 5.82 Å². The number of benzene rings is 8. The SMILES string of the molecule is c1ccc(-c2nc(-c3ccc(-n4c5cc6ccccc6cc5c5c6ccccc6ccc54)c4c3oc3ccccc34)nc3ccccc23)cc1. The molecule has 3 aromatic heterocycles. The molecule has 11 rings (SSSR count). The van der Waals surface area contributed by atoms with E-state index in [-0.39, 0.29) is 0 Å². The average Bonchev–Trinajstić information content (AvgIpc) is 3.73. The van der Waals surface area contributed by atoms with E-state index < -0.39 is 0 Å². The van der Waals surface area contributed by atoms with E-state index in [2.05, 4.69) is 138 Å². The molecular weight excluding hydrogens is 611 g/mol. The van der Waals surface area contributed by atoms with Crippen molar-refractivity contribution in [3.05, 3.63) is 164 Å². The quantitative estimate of drug-likeness (QED) is 0.194. The minimum Gasteiger partial charge on any atom is -0.455 e. The van der Waals surface area contributed by atoms with Crippen molar-refractivity contribution in [1.29, 1.82) is 0 Å². The highest BCUT2D eigenvalue weighted by Crippen LogP contribution is 2.44. The summed E-state index contributed by atoms with van der Waals surface area (Å²) in [5.74, 6) is 0.636. The van der Waals surface area contributed by atoms with Gasteiger partial charge in [-0.3, -0.25) is 0 Å². The van der Waals surface area contributed by atoms with Gasteiger partial charge in [-0.25, -0.2) is 9.97 Å². The molecule has 0 atom stereocenters. The van der Waals surface area contributed by atoms with Gasteiger partial charge in [0.25, 0.3) is 0 Å². The molecule has 232 valence electrons. The molecule has 0 N–H and O–H groups in total. The fraction of sp³-hybridized carbons (Fsp3) is 0. The summed E-state index contributed by atoms with van der Waals surface area (Å²) >= 11 is 0. The highest BCUT2D eigenvalue weighted by Gasteiger charge is 2.23. The molecule has 0 radical (unpaired) electrons. The van der Waals surface area contributed by atoms with Gasteiger partial charge < -0.3 is 8.98 Å². The summed E-state index contributed by atoms with van der Waals surface area (Å²) in [7, 11) is 0. The second kappa shape index (κ2) is 10.4. The lowest BCUT2D eigenvalue weighted by atomic mass is 10.0. The Balaban J connectivity index is 1.27. The number of para-hydroxylation sites is 2. The molecule has 50 heavy (non-hydrogen) atoms. The maximum Gasteiger partial charge on any atom is 0.164 e. The topological polar surface area (TPSA) is 43.9 Å². The van der Waals surface area contributed by atoms with Gasteiger partial charge in [-0.05, 0) is 64.0 Å².